The van der Waals surface area contributed by atoms with E-state index in [-0.39, 0.29) is 0 Å². The van der Waals surface area contributed by atoms with Gasteiger partial charge in [-0.2, -0.15) is 0 Å². The van der Waals surface area contributed by atoms with Gasteiger partial charge in [0.1, 0.15) is 0 Å². The van der Waals surface area contributed by atoms with E-state index in [1.165, 1.54) is 0 Å². The Kier molecular flexibility index (Phi) is 4.66. The van der Waals surface area contributed by atoms with Crippen LogP contribution < -0.4 is 10.6 Å². The Hall–Kier alpha value is -1.95. The Bertz CT molecular complexity index is 468. The second-order valence-electron chi connectivity index (χ2n) is 3.77. The summed E-state index contributed by atoms with van der Waals surface area (Å²) in [5.41, 5.74) is 0.992. The Labute approximate surface area is 111 Å². The van der Waals surface area contributed by atoms with Crippen LogP contribution in [0.4, 0.5) is 5.69 Å². The lowest BCUT2D eigenvalue weighted by atomic mass is 10.3. The minimum atomic E-state index is 0.639. The van der Waals surface area contributed by atoms with Gasteiger partial charge in [0.2, 0.25) is 0 Å². The monoisotopic (exact) mass is 261 g/mol. The quantitative estimate of drug-likeness (QED) is 0.633. The number of aryl methyl sites for hydroxylation is 1. The molecule has 18 heavy (non-hydrogen) atoms. The van der Waals surface area contributed by atoms with Gasteiger partial charge in [-0.05, 0) is 30.8 Å². The number of aromatic nitrogens is 3. The molecule has 0 bridgehead atoms. The number of nitrogens with zero attached hydrogens (tertiary/aromatic N) is 3. The minimum Gasteiger partial charge on any atom is -0.362 e. The summed E-state index contributed by atoms with van der Waals surface area (Å²) in [4.78, 5) is 0. The predicted octanol–water partition coefficient (Wildman–Crippen LogP) is 1.65. The third-order valence-corrected chi connectivity index (χ3v) is 2.60. The average molecular weight is 261 g/mol. The van der Waals surface area contributed by atoms with Crippen LogP contribution in [-0.2, 0) is 6.54 Å². The summed E-state index contributed by atoms with van der Waals surface area (Å²) in [5, 5.41) is 14.5. The lowest BCUT2D eigenvalue weighted by Gasteiger charge is -2.10. The fourth-order valence-electron chi connectivity index (χ4n) is 1.49. The molecule has 0 atom stereocenters. The van der Waals surface area contributed by atoms with Crippen molar-refractivity contribution >= 4 is 23.0 Å². The zero-order valence-corrected chi connectivity index (χ0v) is 10.7. The van der Waals surface area contributed by atoms with Crippen LogP contribution in [0.1, 0.15) is 6.42 Å². The van der Waals surface area contributed by atoms with Crippen molar-refractivity contribution in [3.8, 4) is 0 Å². The van der Waals surface area contributed by atoms with Gasteiger partial charge in [-0.1, -0.05) is 23.4 Å². The fourth-order valence-corrected chi connectivity index (χ4v) is 1.71. The van der Waals surface area contributed by atoms with Gasteiger partial charge in [0.25, 0.3) is 0 Å². The number of hydrogen-bond donors (Lipinski definition) is 2. The van der Waals surface area contributed by atoms with Gasteiger partial charge in [-0.3, -0.25) is 4.68 Å². The van der Waals surface area contributed by atoms with Gasteiger partial charge >= 0.3 is 0 Å². The van der Waals surface area contributed by atoms with Crippen molar-refractivity contribution in [2.24, 2.45) is 0 Å². The highest BCUT2D eigenvalue weighted by Crippen LogP contribution is 2.04. The van der Waals surface area contributed by atoms with Crippen LogP contribution in [0.15, 0.2) is 42.7 Å². The summed E-state index contributed by atoms with van der Waals surface area (Å²) >= 11 is 5.19. The van der Waals surface area contributed by atoms with Gasteiger partial charge in [0.15, 0.2) is 5.11 Å². The molecular formula is C12H15N5S. The number of thiocarbonyl (C=S) groups is 1. The van der Waals surface area contributed by atoms with Crippen LogP contribution in [0, 0.1) is 0 Å². The highest BCUT2D eigenvalue weighted by atomic mass is 32.1. The van der Waals surface area contributed by atoms with Gasteiger partial charge in [-0.15, -0.1) is 5.10 Å². The highest BCUT2D eigenvalue weighted by Gasteiger charge is 1.96. The molecule has 0 aliphatic rings. The van der Waals surface area contributed by atoms with Gasteiger partial charge in [0, 0.05) is 25.0 Å². The molecule has 94 valence electrons. The van der Waals surface area contributed by atoms with Crippen LogP contribution in [0.25, 0.3) is 0 Å². The molecule has 1 aromatic carbocycles. The van der Waals surface area contributed by atoms with E-state index in [1.807, 2.05) is 36.5 Å². The smallest absolute Gasteiger partial charge is 0.170 e. The molecule has 0 aliphatic heterocycles. The Morgan fingerprint density at radius 2 is 2.11 bits per heavy atom. The number of benzene rings is 1. The molecule has 0 fully saturated rings. The number of rotatable bonds is 5. The fraction of sp³-hybridized carbons (Fsp3) is 0.250. The van der Waals surface area contributed by atoms with Gasteiger partial charge in [-0.25, -0.2) is 0 Å². The zero-order chi connectivity index (χ0) is 12.6. The third-order valence-electron chi connectivity index (χ3n) is 2.35. The first-order chi connectivity index (χ1) is 8.84. The maximum atomic E-state index is 5.19. The molecular weight excluding hydrogens is 246 g/mol. The lowest BCUT2D eigenvalue weighted by molar-refractivity contribution is 0.555. The van der Waals surface area contributed by atoms with E-state index in [0.717, 1.165) is 25.2 Å². The van der Waals surface area contributed by atoms with Crippen molar-refractivity contribution < 1.29 is 0 Å². The third kappa shape index (κ3) is 4.14. The standard InChI is InChI=1S/C12H15N5S/c18-12(15-11-5-2-1-3-6-11)13-7-4-9-17-10-8-14-16-17/h1-3,5-6,8,10H,4,7,9H2,(H2,13,15,18). The maximum Gasteiger partial charge on any atom is 0.170 e. The molecule has 0 aliphatic carbocycles. The zero-order valence-electron chi connectivity index (χ0n) is 9.91. The average Bonchev–Trinajstić information content (AvgIpc) is 2.89. The summed E-state index contributed by atoms with van der Waals surface area (Å²) in [5.74, 6) is 0. The summed E-state index contributed by atoms with van der Waals surface area (Å²) in [7, 11) is 0. The highest BCUT2D eigenvalue weighted by molar-refractivity contribution is 7.80. The van der Waals surface area contributed by atoms with Crippen molar-refractivity contribution in [3.63, 3.8) is 0 Å². The molecule has 0 saturated heterocycles. The van der Waals surface area contributed by atoms with Crippen molar-refractivity contribution in [2.75, 3.05) is 11.9 Å². The lowest BCUT2D eigenvalue weighted by Crippen LogP contribution is -2.29. The Balaban J connectivity index is 1.63. The topological polar surface area (TPSA) is 54.8 Å². The second-order valence-corrected chi connectivity index (χ2v) is 4.17. The van der Waals surface area contributed by atoms with Crippen LogP contribution in [0.5, 0.6) is 0 Å². The van der Waals surface area contributed by atoms with E-state index >= 15 is 0 Å². The molecule has 0 unspecified atom stereocenters. The van der Waals surface area contributed by atoms with E-state index in [9.17, 15) is 0 Å². The summed E-state index contributed by atoms with van der Waals surface area (Å²) < 4.78 is 1.80. The van der Waals surface area contributed by atoms with E-state index in [1.54, 1.807) is 10.9 Å². The first-order valence-corrected chi connectivity index (χ1v) is 6.19. The molecule has 2 rings (SSSR count). The second kappa shape index (κ2) is 6.70. The molecule has 0 radical (unpaired) electrons. The normalized spacial score (nSPS) is 10.0. The SMILES string of the molecule is S=C(NCCCn1ccnn1)Nc1ccccc1. The van der Waals surface area contributed by atoms with Crippen molar-refractivity contribution in [1.29, 1.82) is 0 Å². The minimum absolute atomic E-state index is 0.639. The molecule has 0 spiro atoms. The Morgan fingerprint density at radius 3 is 2.83 bits per heavy atom. The maximum absolute atomic E-state index is 5.19. The number of para-hydroxylation sites is 1. The molecule has 2 N–H and O–H groups in total. The molecule has 0 saturated carbocycles. The largest absolute Gasteiger partial charge is 0.362 e. The van der Waals surface area contributed by atoms with Gasteiger partial charge < -0.3 is 10.6 Å². The summed E-state index contributed by atoms with van der Waals surface area (Å²) in [6, 6.07) is 9.86. The molecule has 2 aromatic rings. The van der Waals surface area contributed by atoms with E-state index in [0.29, 0.717) is 5.11 Å². The van der Waals surface area contributed by atoms with Crippen LogP contribution in [0.2, 0.25) is 0 Å². The van der Waals surface area contributed by atoms with Crippen LogP contribution in [0.3, 0.4) is 0 Å². The van der Waals surface area contributed by atoms with E-state index in [4.69, 9.17) is 12.2 Å². The molecule has 0 amide bonds. The summed E-state index contributed by atoms with van der Waals surface area (Å²) in [6.07, 6.45) is 4.47. The van der Waals surface area contributed by atoms with Crippen molar-refractivity contribution in [1.82, 2.24) is 20.3 Å². The summed E-state index contributed by atoms with van der Waals surface area (Å²) in [6.45, 7) is 1.64. The Morgan fingerprint density at radius 1 is 1.28 bits per heavy atom. The van der Waals surface area contributed by atoms with Crippen molar-refractivity contribution in [2.45, 2.75) is 13.0 Å². The molecule has 5 nitrogen and oxygen atoms in total. The number of hydrogen-bond acceptors (Lipinski definition) is 3. The molecule has 1 heterocycles. The van der Waals surface area contributed by atoms with E-state index in [2.05, 4.69) is 20.9 Å². The molecule has 1 aromatic heterocycles. The predicted molar refractivity (Wildman–Crippen MR) is 75.3 cm³/mol. The first-order valence-electron chi connectivity index (χ1n) is 5.78. The van der Waals surface area contributed by atoms with E-state index < -0.39 is 0 Å². The van der Waals surface area contributed by atoms with Gasteiger partial charge in [0.05, 0.1) is 6.20 Å². The first kappa shape index (κ1) is 12.5. The van der Waals surface area contributed by atoms with Crippen LogP contribution in [-0.4, -0.2) is 26.7 Å². The molecule has 6 heteroatoms. The van der Waals surface area contributed by atoms with Crippen molar-refractivity contribution in [3.05, 3.63) is 42.7 Å². The number of nitrogens with one attached hydrogen (secondary N) is 2. The number of anilines is 1. The van der Waals surface area contributed by atoms with Crippen LogP contribution >= 0.6 is 12.2 Å².